The first kappa shape index (κ1) is 12.3. The Balaban J connectivity index is 2.52. The average Bonchev–Trinajstić information content (AvgIpc) is 2.21. The van der Waals surface area contributed by atoms with Gasteiger partial charge in [0.1, 0.15) is 6.04 Å². The Bertz CT molecular complexity index is 392. The number of carboxylic acid groups (broad SMARTS) is 1. The Morgan fingerprint density at radius 3 is 2.38 bits per heavy atom. The molecule has 6 heteroatoms. The molecule has 0 aromatic heterocycles. The third-order valence-corrected chi connectivity index (χ3v) is 2.07. The molecule has 0 saturated heterocycles. The number of carboxylic acids is 1. The van der Waals surface area contributed by atoms with Crippen LogP contribution in [-0.4, -0.2) is 23.1 Å². The van der Waals surface area contributed by atoms with Gasteiger partial charge < -0.3 is 15.7 Å². The summed E-state index contributed by atoms with van der Waals surface area (Å²) in [7, 11) is 0. The minimum atomic E-state index is -1.09. The maximum absolute atomic E-state index is 11.3. The second kappa shape index (κ2) is 5.37. The van der Waals surface area contributed by atoms with Crippen LogP contribution in [0.4, 0.5) is 10.5 Å². The number of benzene rings is 1. The molecule has 2 amide bonds. The lowest BCUT2D eigenvalue weighted by atomic mass is 10.3. The van der Waals surface area contributed by atoms with E-state index < -0.39 is 18.0 Å². The fourth-order valence-corrected chi connectivity index (χ4v) is 1.08. The molecule has 0 fully saturated rings. The lowest BCUT2D eigenvalue weighted by Gasteiger charge is -2.10. The van der Waals surface area contributed by atoms with Crippen molar-refractivity contribution in [2.75, 3.05) is 5.32 Å². The van der Waals surface area contributed by atoms with E-state index in [1.807, 2.05) is 0 Å². The minimum absolute atomic E-state index is 0.541. The minimum Gasteiger partial charge on any atom is -0.480 e. The number of urea groups is 1. The third-order valence-electron chi connectivity index (χ3n) is 1.82. The number of hydrogen-bond donors (Lipinski definition) is 3. The largest absolute Gasteiger partial charge is 0.480 e. The standard InChI is InChI=1S/C10H11ClN2O3/c1-6(9(14)15)12-10(16)13-8-4-2-7(11)3-5-8/h2-6H,1H3,(H,14,15)(H2,12,13,16). The molecule has 0 aliphatic rings. The van der Waals surface area contributed by atoms with Gasteiger partial charge in [-0.15, -0.1) is 0 Å². The molecule has 0 heterocycles. The van der Waals surface area contributed by atoms with Gasteiger partial charge in [0, 0.05) is 10.7 Å². The Hall–Kier alpha value is -1.75. The lowest BCUT2D eigenvalue weighted by molar-refractivity contribution is -0.138. The summed E-state index contributed by atoms with van der Waals surface area (Å²) in [5, 5.41) is 13.9. The van der Waals surface area contributed by atoms with E-state index in [1.165, 1.54) is 6.92 Å². The topological polar surface area (TPSA) is 78.4 Å². The van der Waals surface area contributed by atoms with Crippen LogP contribution in [0.5, 0.6) is 0 Å². The van der Waals surface area contributed by atoms with E-state index in [9.17, 15) is 9.59 Å². The summed E-state index contributed by atoms with van der Waals surface area (Å²) in [5.41, 5.74) is 0.541. The van der Waals surface area contributed by atoms with Crippen LogP contribution < -0.4 is 10.6 Å². The second-order valence-electron chi connectivity index (χ2n) is 3.17. The summed E-state index contributed by atoms with van der Waals surface area (Å²) in [6, 6.07) is 4.97. The summed E-state index contributed by atoms with van der Waals surface area (Å²) >= 11 is 5.67. The maximum atomic E-state index is 11.3. The molecule has 0 saturated carbocycles. The molecule has 0 aliphatic carbocycles. The van der Waals surface area contributed by atoms with Gasteiger partial charge in [0.15, 0.2) is 0 Å². The van der Waals surface area contributed by atoms with E-state index in [4.69, 9.17) is 16.7 Å². The summed E-state index contributed by atoms with van der Waals surface area (Å²) < 4.78 is 0. The zero-order chi connectivity index (χ0) is 12.1. The number of amides is 2. The summed E-state index contributed by atoms with van der Waals surface area (Å²) in [5.74, 6) is -1.09. The highest BCUT2D eigenvalue weighted by molar-refractivity contribution is 6.30. The van der Waals surface area contributed by atoms with Crippen molar-refractivity contribution < 1.29 is 14.7 Å². The molecule has 0 bridgehead atoms. The highest BCUT2D eigenvalue weighted by atomic mass is 35.5. The van der Waals surface area contributed by atoms with Gasteiger partial charge in [-0.3, -0.25) is 4.79 Å². The van der Waals surface area contributed by atoms with Crippen LogP contribution in [0, 0.1) is 0 Å². The Morgan fingerprint density at radius 2 is 1.88 bits per heavy atom. The van der Waals surface area contributed by atoms with Crippen LogP contribution in [0.2, 0.25) is 5.02 Å². The van der Waals surface area contributed by atoms with Crippen molar-refractivity contribution in [3.05, 3.63) is 29.3 Å². The molecule has 5 nitrogen and oxygen atoms in total. The molecule has 16 heavy (non-hydrogen) atoms. The van der Waals surface area contributed by atoms with Crippen molar-refractivity contribution in [2.24, 2.45) is 0 Å². The number of nitrogens with one attached hydrogen (secondary N) is 2. The zero-order valence-electron chi connectivity index (χ0n) is 8.53. The summed E-state index contributed by atoms with van der Waals surface area (Å²) in [6.45, 7) is 1.38. The lowest BCUT2D eigenvalue weighted by Crippen LogP contribution is -2.40. The van der Waals surface area contributed by atoms with Crippen molar-refractivity contribution in [1.82, 2.24) is 5.32 Å². The number of hydrogen-bond acceptors (Lipinski definition) is 2. The molecular weight excluding hydrogens is 232 g/mol. The Morgan fingerprint density at radius 1 is 1.31 bits per heavy atom. The monoisotopic (exact) mass is 242 g/mol. The molecule has 1 atom stereocenters. The SMILES string of the molecule is CC(NC(=O)Nc1ccc(Cl)cc1)C(=O)O. The molecule has 86 valence electrons. The smallest absolute Gasteiger partial charge is 0.325 e. The van der Waals surface area contributed by atoms with Crippen LogP contribution in [0.15, 0.2) is 24.3 Å². The quantitative estimate of drug-likeness (QED) is 0.758. The van der Waals surface area contributed by atoms with E-state index in [2.05, 4.69) is 10.6 Å². The van der Waals surface area contributed by atoms with Gasteiger partial charge >= 0.3 is 12.0 Å². The Kier molecular flexibility index (Phi) is 4.13. The molecule has 0 spiro atoms. The molecule has 3 N–H and O–H groups in total. The number of carbonyl (C=O) groups excluding carboxylic acids is 1. The highest BCUT2D eigenvalue weighted by Crippen LogP contribution is 2.12. The molecular formula is C10H11ClN2O3. The van der Waals surface area contributed by atoms with Gasteiger partial charge in [-0.2, -0.15) is 0 Å². The molecule has 0 aliphatic heterocycles. The van der Waals surface area contributed by atoms with E-state index in [1.54, 1.807) is 24.3 Å². The number of halogens is 1. The van der Waals surface area contributed by atoms with Gasteiger partial charge in [0.25, 0.3) is 0 Å². The maximum Gasteiger partial charge on any atom is 0.325 e. The van der Waals surface area contributed by atoms with Gasteiger partial charge in [0.2, 0.25) is 0 Å². The van der Waals surface area contributed by atoms with E-state index >= 15 is 0 Å². The molecule has 1 aromatic carbocycles. The van der Waals surface area contributed by atoms with E-state index in [0.717, 1.165) is 0 Å². The van der Waals surface area contributed by atoms with Crippen molar-refractivity contribution in [3.63, 3.8) is 0 Å². The van der Waals surface area contributed by atoms with Crippen LogP contribution in [-0.2, 0) is 4.79 Å². The predicted molar refractivity (Wildman–Crippen MR) is 60.7 cm³/mol. The van der Waals surface area contributed by atoms with Gasteiger partial charge in [-0.05, 0) is 31.2 Å². The molecule has 1 rings (SSSR count). The first-order chi connectivity index (χ1) is 7.49. The van der Waals surface area contributed by atoms with E-state index in [0.29, 0.717) is 10.7 Å². The third kappa shape index (κ3) is 3.78. The summed E-state index contributed by atoms with van der Waals surface area (Å²) in [6.07, 6.45) is 0. The van der Waals surface area contributed by atoms with Crippen molar-refractivity contribution in [3.8, 4) is 0 Å². The first-order valence-electron chi connectivity index (χ1n) is 4.55. The van der Waals surface area contributed by atoms with Crippen LogP contribution in [0.1, 0.15) is 6.92 Å². The van der Waals surface area contributed by atoms with E-state index in [-0.39, 0.29) is 0 Å². The fraction of sp³-hybridized carbons (Fsp3) is 0.200. The number of aliphatic carboxylic acids is 1. The van der Waals surface area contributed by atoms with Crippen LogP contribution in [0.3, 0.4) is 0 Å². The van der Waals surface area contributed by atoms with Crippen LogP contribution >= 0.6 is 11.6 Å². The first-order valence-corrected chi connectivity index (χ1v) is 4.92. The van der Waals surface area contributed by atoms with Crippen molar-refractivity contribution >= 4 is 29.3 Å². The molecule has 1 unspecified atom stereocenters. The fourth-order valence-electron chi connectivity index (χ4n) is 0.959. The van der Waals surface area contributed by atoms with Gasteiger partial charge in [-0.25, -0.2) is 4.79 Å². The number of carbonyl (C=O) groups is 2. The number of rotatable bonds is 3. The average molecular weight is 243 g/mol. The molecule has 1 aromatic rings. The zero-order valence-corrected chi connectivity index (χ0v) is 9.28. The van der Waals surface area contributed by atoms with Gasteiger partial charge in [-0.1, -0.05) is 11.6 Å². The number of anilines is 1. The molecule has 0 radical (unpaired) electrons. The van der Waals surface area contributed by atoms with Crippen molar-refractivity contribution in [1.29, 1.82) is 0 Å². The van der Waals surface area contributed by atoms with Gasteiger partial charge in [0.05, 0.1) is 0 Å². The normalized spacial score (nSPS) is 11.6. The summed E-state index contributed by atoms with van der Waals surface area (Å²) in [4.78, 5) is 21.8. The predicted octanol–water partition coefficient (Wildman–Crippen LogP) is 1.93. The second-order valence-corrected chi connectivity index (χ2v) is 3.60. The highest BCUT2D eigenvalue weighted by Gasteiger charge is 2.13. The van der Waals surface area contributed by atoms with Crippen LogP contribution in [0.25, 0.3) is 0 Å². The van der Waals surface area contributed by atoms with Crippen molar-refractivity contribution in [2.45, 2.75) is 13.0 Å². The Labute approximate surface area is 97.4 Å².